The number of anilines is 2. The predicted molar refractivity (Wildman–Crippen MR) is 121 cm³/mol. The van der Waals surface area contributed by atoms with E-state index in [2.05, 4.69) is 30.3 Å². The Bertz CT molecular complexity index is 1270. The van der Waals surface area contributed by atoms with Crippen molar-refractivity contribution in [2.75, 3.05) is 30.0 Å². The molecule has 0 unspecified atom stereocenters. The second-order valence-electron chi connectivity index (χ2n) is 7.17. The van der Waals surface area contributed by atoms with Crippen LogP contribution in [0.3, 0.4) is 0 Å². The van der Waals surface area contributed by atoms with Crippen molar-refractivity contribution in [2.45, 2.75) is 12.7 Å². The van der Waals surface area contributed by atoms with Crippen LogP contribution in [0.2, 0.25) is 0 Å². The van der Waals surface area contributed by atoms with E-state index in [4.69, 9.17) is 4.74 Å². The lowest BCUT2D eigenvalue weighted by Gasteiger charge is -2.15. The molecule has 0 aliphatic heterocycles. The van der Waals surface area contributed by atoms with Crippen molar-refractivity contribution >= 4 is 27.4 Å². The van der Waals surface area contributed by atoms with Gasteiger partial charge in [0.25, 0.3) is 5.91 Å². The molecule has 0 aliphatic carbocycles. The second-order valence-corrected chi connectivity index (χ2v) is 9.00. The second kappa shape index (κ2) is 11.1. The third-order valence-corrected chi connectivity index (χ3v) is 5.09. The number of alkyl halides is 3. The molecule has 35 heavy (non-hydrogen) atoms. The largest absolute Gasteiger partial charge is 0.492 e. The SMILES string of the molecule is CS(=O)(=O)NCCOc1cc(NC(=O)c2cccnc2NCc2ccncn2)cc(C(F)(F)F)c1. The van der Waals surface area contributed by atoms with Crippen molar-refractivity contribution in [3.05, 3.63) is 71.9 Å². The molecular weight excluding hydrogens is 489 g/mol. The lowest BCUT2D eigenvalue weighted by Crippen LogP contribution is -2.27. The first-order chi connectivity index (χ1) is 16.5. The number of sulfonamides is 1. The maximum Gasteiger partial charge on any atom is 0.416 e. The summed E-state index contributed by atoms with van der Waals surface area (Å²) in [5, 5.41) is 5.40. The van der Waals surface area contributed by atoms with Crippen LogP contribution in [0.1, 0.15) is 21.6 Å². The minimum Gasteiger partial charge on any atom is -0.492 e. The lowest BCUT2D eigenvalue weighted by molar-refractivity contribution is -0.137. The average molecular weight is 510 g/mol. The highest BCUT2D eigenvalue weighted by Gasteiger charge is 2.31. The van der Waals surface area contributed by atoms with Crippen LogP contribution in [0.25, 0.3) is 0 Å². The van der Waals surface area contributed by atoms with Crippen molar-refractivity contribution in [3.63, 3.8) is 0 Å². The quantitative estimate of drug-likeness (QED) is 0.355. The number of carbonyl (C=O) groups excluding carboxylic acids is 1. The van der Waals surface area contributed by atoms with Gasteiger partial charge in [-0.25, -0.2) is 28.1 Å². The predicted octanol–water partition coefficient (Wildman–Crippen LogP) is 2.68. The number of nitrogens with zero attached hydrogens (tertiary/aromatic N) is 3. The third-order valence-electron chi connectivity index (χ3n) is 4.36. The number of carbonyl (C=O) groups is 1. The van der Waals surface area contributed by atoms with E-state index >= 15 is 0 Å². The first-order valence-corrected chi connectivity index (χ1v) is 12.0. The van der Waals surface area contributed by atoms with Gasteiger partial charge in [0.05, 0.1) is 29.6 Å². The summed E-state index contributed by atoms with van der Waals surface area (Å²) in [6.45, 7) is -0.127. The van der Waals surface area contributed by atoms with Gasteiger partial charge in [-0.05, 0) is 30.3 Å². The van der Waals surface area contributed by atoms with Crippen LogP contribution in [-0.4, -0.2) is 48.7 Å². The Labute approximate surface area is 199 Å². The van der Waals surface area contributed by atoms with Crippen molar-refractivity contribution in [2.24, 2.45) is 0 Å². The molecule has 0 aliphatic rings. The Morgan fingerprint density at radius 3 is 2.60 bits per heavy atom. The van der Waals surface area contributed by atoms with E-state index in [1.54, 1.807) is 12.3 Å². The van der Waals surface area contributed by atoms with Gasteiger partial charge in [-0.3, -0.25) is 4.79 Å². The summed E-state index contributed by atoms with van der Waals surface area (Å²) in [6.07, 6.45) is 0.622. The van der Waals surface area contributed by atoms with E-state index in [0.717, 1.165) is 18.4 Å². The number of rotatable bonds is 10. The van der Waals surface area contributed by atoms with Gasteiger partial charge in [0.1, 0.15) is 24.5 Å². The number of nitrogens with one attached hydrogen (secondary N) is 3. The summed E-state index contributed by atoms with van der Waals surface area (Å²) >= 11 is 0. The van der Waals surface area contributed by atoms with Gasteiger partial charge in [-0.15, -0.1) is 0 Å². The lowest BCUT2D eigenvalue weighted by atomic mass is 10.1. The Balaban J connectivity index is 1.76. The van der Waals surface area contributed by atoms with Crippen LogP contribution in [0.5, 0.6) is 5.75 Å². The highest BCUT2D eigenvalue weighted by atomic mass is 32.2. The van der Waals surface area contributed by atoms with Crippen LogP contribution >= 0.6 is 0 Å². The summed E-state index contributed by atoms with van der Waals surface area (Å²) in [5.74, 6) is -0.690. The number of halogens is 3. The normalized spacial score (nSPS) is 11.7. The number of ether oxygens (including phenoxy) is 1. The first kappa shape index (κ1) is 25.8. The summed E-state index contributed by atoms with van der Waals surface area (Å²) in [4.78, 5) is 24.9. The zero-order valence-electron chi connectivity index (χ0n) is 18.3. The molecule has 3 aromatic rings. The van der Waals surface area contributed by atoms with Gasteiger partial charge in [-0.1, -0.05) is 0 Å². The van der Waals surface area contributed by atoms with Crippen molar-refractivity contribution < 1.29 is 31.1 Å². The molecule has 3 N–H and O–H groups in total. The molecule has 1 amide bonds. The average Bonchev–Trinajstić information content (AvgIpc) is 2.80. The van der Waals surface area contributed by atoms with Crippen LogP contribution in [0.4, 0.5) is 24.7 Å². The van der Waals surface area contributed by atoms with Crippen LogP contribution in [0, 0.1) is 0 Å². The van der Waals surface area contributed by atoms with Gasteiger partial charge in [0.15, 0.2) is 0 Å². The third kappa shape index (κ3) is 8.19. The van der Waals surface area contributed by atoms with Gasteiger partial charge in [0, 0.05) is 30.7 Å². The van der Waals surface area contributed by atoms with Crippen molar-refractivity contribution in [1.29, 1.82) is 0 Å². The van der Waals surface area contributed by atoms with E-state index in [1.807, 2.05) is 0 Å². The highest BCUT2D eigenvalue weighted by molar-refractivity contribution is 7.88. The molecular formula is C21H21F3N6O4S. The highest BCUT2D eigenvalue weighted by Crippen LogP contribution is 2.34. The maximum absolute atomic E-state index is 13.4. The van der Waals surface area contributed by atoms with Crippen molar-refractivity contribution in [1.82, 2.24) is 19.7 Å². The fourth-order valence-corrected chi connectivity index (χ4v) is 3.29. The zero-order valence-corrected chi connectivity index (χ0v) is 19.2. The summed E-state index contributed by atoms with van der Waals surface area (Å²) < 4.78 is 69.8. The molecule has 0 atom stereocenters. The molecule has 0 spiro atoms. The Kier molecular flexibility index (Phi) is 8.19. The van der Waals surface area contributed by atoms with Gasteiger partial charge >= 0.3 is 6.18 Å². The van der Waals surface area contributed by atoms with E-state index < -0.39 is 27.7 Å². The van der Waals surface area contributed by atoms with E-state index in [0.29, 0.717) is 5.69 Å². The molecule has 0 radical (unpaired) electrons. The van der Waals surface area contributed by atoms with Crippen LogP contribution in [-0.2, 0) is 22.7 Å². The van der Waals surface area contributed by atoms with Gasteiger partial charge in [-0.2, -0.15) is 13.2 Å². The maximum atomic E-state index is 13.4. The van der Waals surface area contributed by atoms with E-state index in [9.17, 15) is 26.4 Å². The zero-order chi connectivity index (χ0) is 25.5. The standard InChI is InChI=1S/C21H21F3N6O4S/c1-35(32,33)29-7-8-34-17-10-14(21(22,23)24)9-16(11-17)30-20(31)18-3-2-5-26-19(18)27-12-15-4-6-25-13-28-15/h2-6,9-11,13,29H,7-8,12H2,1H3,(H,26,27)(H,30,31). The molecule has 10 nitrogen and oxygen atoms in total. The smallest absolute Gasteiger partial charge is 0.416 e. The molecule has 14 heteroatoms. The molecule has 1 aromatic carbocycles. The number of benzene rings is 1. The number of hydrogen-bond acceptors (Lipinski definition) is 8. The monoisotopic (exact) mass is 510 g/mol. The molecule has 0 saturated carbocycles. The summed E-state index contributed by atoms with van der Waals surface area (Å²) in [5.41, 5.74) is -0.475. The Morgan fingerprint density at radius 2 is 1.91 bits per heavy atom. The van der Waals surface area contributed by atoms with Crippen LogP contribution < -0.4 is 20.1 Å². The van der Waals surface area contributed by atoms with Crippen molar-refractivity contribution in [3.8, 4) is 5.75 Å². The van der Waals surface area contributed by atoms with Crippen LogP contribution in [0.15, 0.2) is 55.1 Å². The molecule has 186 valence electrons. The summed E-state index contributed by atoms with van der Waals surface area (Å²) in [7, 11) is -3.48. The summed E-state index contributed by atoms with van der Waals surface area (Å²) in [6, 6.07) is 7.38. The molecule has 0 bridgehead atoms. The fourth-order valence-electron chi connectivity index (χ4n) is 2.84. The first-order valence-electron chi connectivity index (χ1n) is 10.1. The molecule has 2 aromatic heterocycles. The topological polar surface area (TPSA) is 135 Å². The number of hydrogen-bond donors (Lipinski definition) is 3. The molecule has 2 heterocycles. The van der Waals surface area contributed by atoms with E-state index in [1.165, 1.54) is 30.7 Å². The number of amides is 1. The van der Waals surface area contributed by atoms with Gasteiger partial charge in [0.2, 0.25) is 10.0 Å². The Morgan fingerprint density at radius 1 is 1.11 bits per heavy atom. The molecule has 3 rings (SSSR count). The van der Waals surface area contributed by atoms with Gasteiger partial charge < -0.3 is 15.4 Å². The Hall–Kier alpha value is -3.78. The minimum atomic E-state index is -4.71. The molecule has 0 fully saturated rings. The van der Waals surface area contributed by atoms with E-state index in [-0.39, 0.29) is 42.5 Å². The number of aromatic nitrogens is 3. The minimum absolute atomic E-state index is 0.0961. The fraction of sp³-hybridized carbons (Fsp3) is 0.238. The molecule has 0 saturated heterocycles. The number of pyridine rings is 1.